The molecule has 96 valence electrons. The summed E-state index contributed by atoms with van der Waals surface area (Å²) in [5.41, 5.74) is 3.00. The van der Waals surface area contributed by atoms with Crippen molar-refractivity contribution >= 4 is 5.91 Å². The fraction of sp³-hybridized carbons (Fsp3) is 0.214. The second-order valence-electron chi connectivity index (χ2n) is 4.22. The average molecular weight is 254 g/mol. The van der Waals surface area contributed by atoms with Gasteiger partial charge >= 0.3 is 0 Å². The van der Waals surface area contributed by atoms with Gasteiger partial charge in [-0.1, -0.05) is 12.1 Å². The number of benzene rings is 1. The van der Waals surface area contributed by atoms with Gasteiger partial charge in [-0.3, -0.25) is 9.48 Å². The number of hydrogen-bond acceptors (Lipinski definition) is 3. The van der Waals surface area contributed by atoms with Gasteiger partial charge in [0.05, 0.1) is 18.2 Å². The number of nitriles is 1. The van der Waals surface area contributed by atoms with E-state index in [1.165, 1.54) is 0 Å². The quantitative estimate of drug-likeness (QED) is 0.901. The molecule has 0 spiro atoms. The highest BCUT2D eigenvalue weighted by molar-refractivity contribution is 5.92. The number of carbonyl (C=O) groups excluding carboxylic acids is 1. The lowest BCUT2D eigenvalue weighted by molar-refractivity contribution is 0.0957. The van der Waals surface area contributed by atoms with E-state index in [0.717, 1.165) is 11.3 Å². The first-order valence-electron chi connectivity index (χ1n) is 5.89. The summed E-state index contributed by atoms with van der Waals surface area (Å²) in [4.78, 5) is 11.5. The summed E-state index contributed by atoms with van der Waals surface area (Å²) in [6.45, 7) is 2.48. The standard InChI is InChI=1S/C14H14N4O/c1-10-7-13(14(19)16-2)17-18(10)9-12-5-3-11(8-15)4-6-12/h3-7H,9H2,1-2H3,(H,16,19). The van der Waals surface area contributed by atoms with Crippen LogP contribution in [-0.2, 0) is 6.54 Å². The second kappa shape index (κ2) is 5.36. The molecule has 5 nitrogen and oxygen atoms in total. The minimum Gasteiger partial charge on any atom is -0.354 e. The van der Waals surface area contributed by atoms with Crippen LogP contribution < -0.4 is 5.32 Å². The molecule has 0 aliphatic rings. The third-order valence-corrected chi connectivity index (χ3v) is 2.86. The number of aromatic nitrogens is 2. The summed E-state index contributed by atoms with van der Waals surface area (Å²) in [5, 5.41) is 15.5. The van der Waals surface area contributed by atoms with Gasteiger partial charge in [-0.05, 0) is 30.7 Å². The fourth-order valence-corrected chi connectivity index (χ4v) is 1.77. The van der Waals surface area contributed by atoms with E-state index in [1.54, 1.807) is 29.9 Å². The number of nitrogens with one attached hydrogen (secondary N) is 1. The van der Waals surface area contributed by atoms with Crippen LogP contribution in [0.1, 0.15) is 27.3 Å². The lowest BCUT2D eigenvalue weighted by Gasteiger charge is -2.04. The van der Waals surface area contributed by atoms with Crippen LogP contribution in [0, 0.1) is 18.3 Å². The molecule has 5 heteroatoms. The second-order valence-corrected chi connectivity index (χ2v) is 4.22. The molecule has 1 aromatic carbocycles. The molecular weight excluding hydrogens is 240 g/mol. The van der Waals surface area contributed by atoms with Crippen LogP contribution in [0.4, 0.5) is 0 Å². The molecule has 0 fully saturated rings. The summed E-state index contributed by atoms with van der Waals surface area (Å²) in [6, 6.07) is 11.2. The zero-order valence-corrected chi connectivity index (χ0v) is 10.8. The van der Waals surface area contributed by atoms with Crippen molar-refractivity contribution in [3.05, 3.63) is 52.8 Å². The summed E-state index contributed by atoms with van der Waals surface area (Å²) in [6.07, 6.45) is 0. The lowest BCUT2D eigenvalue weighted by atomic mass is 10.1. The monoisotopic (exact) mass is 254 g/mol. The smallest absolute Gasteiger partial charge is 0.271 e. The summed E-state index contributed by atoms with van der Waals surface area (Å²) in [7, 11) is 1.58. The zero-order chi connectivity index (χ0) is 13.8. The van der Waals surface area contributed by atoms with E-state index in [-0.39, 0.29) is 5.91 Å². The third-order valence-electron chi connectivity index (χ3n) is 2.86. The molecule has 0 aliphatic carbocycles. The van der Waals surface area contributed by atoms with E-state index in [1.807, 2.05) is 19.1 Å². The normalized spacial score (nSPS) is 9.95. The van der Waals surface area contributed by atoms with Crippen molar-refractivity contribution in [1.82, 2.24) is 15.1 Å². The Hall–Kier alpha value is -2.61. The Morgan fingerprint density at radius 2 is 2.11 bits per heavy atom. The first-order chi connectivity index (χ1) is 9.13. The molecule has 0 radical (unpaired) electrons. The molecule has 0 unspecified atom stereocenters. The van der Waals surface area contributed by atoms with Gasteiger partial charge < -0.3 is 5.32 Å². The molecule has 1 aromatic heterocycles. The Morgan fingerprint density at radius 1 is 1.42 bits per heavy atom. The summed E-state index contributed by atoms with van der Waals surface area (Å²) >= 11 is 0. The molecular formula is C14H14N4O. The van der Waals surface area contributed by atoms with E-state index in [9.17, 15) is 4.79 Å². The van der Waals surface area contributed by atoms with Crippen molar-refractivity contribution in [3.63, 3.8) is 0 Å². The molecule has 2 rings (SSSR count). The van der Waals surface area contributed by atoms with Gasteiger partial charge in [0.1, 0.15) is 5.69 Å². The van der Waals surface area contributed by atoms with Gasteiger partial charge in [0.25, 0.3) is 5.91 Å². The predicted octanol–water partition coefficient (Wildman–Crippen LogP) is 1.47. The molecule has 0 saturated heterocycles. The van der Waals surface area contributed by atoms with E-state index in [0.29, 0.717) is 17.8 Å². The van der Waals surface area contributed by atoms with Crippen LogP contribution in [0.25, 0.3) is 0 Å². The zero-order valence-electron chi connectivity index (χ0n) is 10.8. The molecule has 1 amide bonds. The van der Waals surface area contributed by atoms with Gasteiger partial charge in [-0.25, -0.2) is 0 Å². The van der Waals surface area contributed by atoms with E-state index < -0.39 is 0 Å². The van der Waals surface area contributed by atoms with Crippen LogP contribution in [0.15, 0.2) is 30.3 Å². The van der Waals surface area contributed by atoms with Gasteiger partial charge in [0, 0.05) is 12.7 Å². The van der Waals surface area contributed by atoms with Crippen molar-refractivity contribution in [2.45, 2.75) is 13.5 Å². The Labute approximate surface area is 111 Å². The SMILES string of the molecule is CNC(=O)c1cc(C)n(Cc2ccc(C#N)cc2)n1. The predicted molar refractivity (Wildman–Crippen MR) is 70.6 cm³/mol. The van der Waals surface area contributed by atoms with Crippen molar-refractivity contribution in [3.8, 4) is 6.07 Å². The number of amides is 1. The number of aryl methyl sites for hydroxylation is 1. The Morgan fingerprint density at radius 3 is 2.68 bits per heavy atom. The molecule has 0 aliphatic heterocycles. The highest BCUT2D eigenvalue weighted by Gasteiger charge is 2.10. The van der Waals surface area contributed by atoms with Crippen molar-refractivity contribution in [2.24, 2.45) is 0 Å². The molecule has 1 N–H and O–H groups in total. The van der Waals surface area contributed by atoms with Gasteiger partial charge in [0.15, 0.2) is 0 Å². The van der Waals surface area contributed by atoms with Gasteiger partial charge in [0.2, 0.25) is 0 Å². The topological polar surface area (TPSA) is 70.7 Å². The third kappa shape index (κ3) is 2.80. The molecule has 0 bridgehead atoms. The first kappa shape index (κ1) is 12.8. The highest BCUT2D eigenvalue weighted by Crippen LogP contribution is 2.09. The highest BCUT2D eigenvalue weighted by atomic mass is 16.1. The number of carbonyl (C=O) groups is 1. The van der Waals surface area contributed by atoms with E-state index >= 15 is 0 Å². The maximum absolute atomic E-state index is 11.5. The first-order valence-corrected chi connectivity index (χ1v) is 5.89. The van der Waals surface area contributed by atoms with Crippen molar-refractivity contribution in [2.75, 3.05) is 7.05 Å². The molecule has 1 heterocycles. The Balaban J connectivity index is 2.21. The van der Waals surface area contributed by atoms with Crippen LogP contribution in [0.5, 0.6) is 0 Å². The van der Waals surface area contributed by atoms with Crippen LogP contribution in [0.3, 0.4) is 0 Å². The minimum absolute atomic E-state index is 0.193. The van der Waals surface area contributed by atoms with Crippen molar-refractivity contribution < 1.29 is 4.79 Å². The van der Waals surface area contributed by atoms with Crippen LogP contribution >= 0.6 is 0 Å². The number of hydrogen-bond donors (Lipinski definition) is 1. The summed E-state index contributed by atoms with van der Waals surface area (Å²) < 4.78 is 1.77. The molecule has 19 heavy (non-hydrogen) atoms. The maximum Gasteiger partial charge on any atom is 0.271 e. The lowest BCUT2D eigenvalue weighted by Crippen LogP contribution is -2.18. The van der Waals surface area contributed by atoms with Gasteiger partial charge in [-0.15, -0.1) is 0 Å². The maximum atomic E-state index is 11.5. The van der Waals surface area contributed by atoms with E-state index in [2.05, 4.69) is 16.5 Å². The molecule has 2 aromatic rings. The minimum atomic E-state index is -0.193. The largest absolute Gasteiger partial charge is 0.354 e. The number of rotatable bonds is 3. The van der Waals surface area contributed by atoms with Crippen molar-refractivity contribution in [1.29, 1.82) is 5.26 Å². The number of nitrogens with zero attached hydrogens (tertiary/aromatic N) is 3. The Bertz CT molecular complexity index is 634. The summed E-state index contributed by atoms with van der Waals surface area (Å²) in [5.74, 6) is -0.193. The molecule has 0 atom stereocenters. The Kier molecular flexibility index (Phi) is 3.62. The fourth-order valence-electron chi connectivity index (χ4n) is 1.77. The van der Waals surface area contributed by atoms with Gasteiger partial charge in [-0.2, -0.15) is 10.4 Å². The van der Waals surface area contributed by atoms with E-state index in [4.69, 9.17) is 5.26 Å². The van der Waals surface area contributed by atoms with Crippen LogP contribution in [-0.4, -0.2) is 22.7 Å². The average Bonchev–Trinajstić information content (AvgIpc) is 2.80. The molecule has 0 saturated carbocycles. The van der Waals surface area contributed by atoms with Crippen LogP contribution in [0.2, 0.25) is 0 Å².